The Balaban J connectivity index is 0.000000262. The summed E-state index contributed by atoms with van der Waals surface area (Å²) in [6.07, 6.45) is 1.81. The van der Waals surface area contributed by atoms with Crippen LogP contribution < -0.4 is 0 Å². The van der Waals surface area contributed by atoms with Crippen LogP contribution in [0.5, 0.6) is 0 Å². The average Bonchev–Trinajstić information content (AvgIpc) is 2.20. The molecule has 3 nitrogen and oxygen atoms in total. The number of aromatic nitrogens is 1. The molecule has 0 unspecified atom stereocenters. The van der Waals surface area contributed by atoms with Gasteiger partial charge in [0.1, 0.15) is 4.64 Å². The fraction of sp³-hybridized carbons (Fsp3) is 0.273. The van der Waals surface area contributed by atoms with Crippen LogP contribution in [0.4, 0.5) is 0 Å². The summed E-state index contributed by atoms with van der Waals surface area (Å²) >= 11 is 4.76. The van der Waals surface area contributed by atoms with Gasteiger partial charge >= 0.3 is 5.97 Å². The molecule has 0 bridgehead atoms. The molecule has 1 aromatic heterocycles. The second kappa shape index (κ2) is 7.94. The molecule has 1 rings (SSSR count). The van der Waals surface area contributed by atoms with Gasteiger partial charge in [0.25, 0.3) is 0 Å². The molecule has 0 amide bonds. The van der Waals surface area contributed by atoms with Crippen molar-refractivity contribution in [3.8, 4) is 0 Å². The second-order valence-corrected chi connectivity index (χ2v) is 3.17. The summed E-state index contributed by atoms with van der Waals surface area (Å²) < 4.78 is 5.34. The van der Waals surface area contributed by atoms with E-state index in [1.54, 1.807) is 13.8 Å². The van der Waals surface area contributed by atoms with Crippen LogP contribution >= 0.6 is 12.2 Å². The highest BCUT2D eigenvalue weighted by atomic mass is 32.1. The van der Waals surface area contributed by atoms with E-state index in [1.807, 2.05) is 24.4 Å². The van der Waals surface area contributed by atoms with Gasteiger partial charge in [-0.2, -0.15) is 0 Å². The predicted octanol–water partition coefficient (Wildman–Crippen LogP) is 2.87. The zero-order valence-electron chi connectivity index (χ0n) is 8.95. The Hall–Kier alpha value is -1.42. The zero-order chi connectivity index (χ0) is 11.7. The smallest absolute Gasteiger partial charge is 0.333 e. The summed E-state index contributed by atoms with van der Waals surface area (Å²) in [6, 6.07) is 5.64. The molecule has 15 heavy (non-hydrogen) atoms. The van der Waals surface area contributed by atoms with E-state index in [4.69, 9.17) is 12.2 Å². The van der Waals surface area contributed by atoms with Gasteiger partial charge in [-0.3, -0.25) is 0 Å². The van der Waals surface area contributed by atoms with Crippen LogP contribution in [0.1, 0.15) is 13.8 Å². The molecular weight excluding hydrogens is 210 g/mol. The molecular formula is C11H15NO2S. The summed E-state index contributed by atoms with van der Waals surface area (Å²) in [6.45, 7) is 7.21. The minimum Gasteiger partial charge on any atom is -0.463 e. The van der Waals surface area contributed by atoms with E-state index < -0.39 is 0 Å². The normalized spacial score (nSPS) is 8.40. The number of aromatic amines is 1. The third-order valence-corrected chi connectivity index (χ3v) is 1.56. The highest BCUT2D eigenvalue weighted by molar-refractivity contribution is 7.71. The van der Waals surface area contributed by atoms with Crippen LogP contribution in [0.2, 0.25) is 0 Å². The maximum absolute atomic E-state index is 10.4. The van der Waals surface area contributed by atoms with Gasteiger partial charge in [-0.05, 0) is 26.0 Å². The fourth-order valence-electron chi connectivity index (χ4n) is 0.631. The standard InChI is InChI=1S/C6H10O2.C5H5NS/c1-4-8-6(7)5(2)3;7-5-3-1-2-4-6-5/h2,4H2,1,3H3;1-4H,(H,6,7). The minimum atomic E-state index is -0.312. The fourth-order valence-corrected chi connectivity index (χ4v) is 0.778. The highest BCUT2D eigenvalue weighted by Gasteiger charge is 1.98. The van der Waals surface area contributed by atoms with Gasteiger partial charge in [-0.15, -0.1) is 0 Å². The van der Waals surface area contributed by atoms with Crippen molar-refractivity contribution in [1.29, 1.82) is 0 Å². The molecule has 4 heteroatoms. The quantitative estimate of drug-likeness (QED) is 0.478. The van der Waals surface area contributed by atoms with Gasteiger partial charge < -0.3 is 9.72 Å². The third kappa shape index (κ3) is 7.64. The van der Waals surface area contributed by atoms with Crippen LogP contribution in [0.15, 0.2) is 36.5 Å². The number of pyridine rings is 1. The molecule has 1 N–H and O–H groups in total. The first-order valence-electron chi connectivity index (χ1n) is 4.54. The predicted molar refractivity (Wildman–Crippen MR) is 63.1 cm³/mol. The first-order chi connectivity index (χ1) is 7.07. The lowest BCUT2D eigenvalue weighted by atomic mass is 10.4. The van der Waals surface area contributed by atoms with E-state index in [0.717, 1.165) is 4.64 Å². The van der Waals surface area contributed by atoms with Crippen molar-refractivity contribution in [3.63, 3.8) is 0 Å². The minimum absolute atomic E-state index is 0.312. The Morgan fingerprint density at radius 1 is 1.60 bits per heavy atom. The van der Waals surface area contributed by atoms with E-state index in [9.17, 15) is 4.79 Å². The maximum atomic E-state index is 10.4. The number of H-pyrrole nitrogens is 1. The van der Waals surface area contributed by atoms with Gasteiger partial charge in [0.05, 0.1) is 6.61 Å². The molecule has 0 fully saturated rings. The van der Waals surface area contributed by atoms with Crippen LogP contribution in [-0.2, 0) is 9.53 Å². The van der Waals surface area contributed by atoms with Crippen LogP contribution in [0.25, 0.3) is 0 Å². The topological polar surface area (TPSA) is 42.1 Å². The average molecular weight is 225 g/mol. The number of esters is 1. The van der Waals surface area contributed by atoms with Crippen molar-refractivity contribution in [2.24, 2.45) is 0 Å². The van der Waals surface area contributed by atoms with Gasteiger partial charge in [0.15, 0.2) is 0 Å². The number of hydrogen-bond donors (Lipinski definition) is 1. The van der Waals surface area contributed by atoms with Crippen molar-refractivity contribution >= 4 is 18.2 Å². The summed E-state index contributed by atoms with van der Waals surface area (Å²) in [4.78, 5) is 13.3. The monoisotopic (exact) mass is 225 g/mol. The molecule has 82 valence electrons. The molecule has 1 heterocycles. The van der Waals surface area contributed by atoms with Crippen LogP contribution in [0.3, 0.4) is 0 Å². The maximum Gasteiger partial charge on any atom is 0.333 e. The van der Waals surface area contributed by atoms with E-state index in [1.165, 1.54) is 0 Å². The summed E-state index contributed by atoms with van der Waals surface area (Å²) in [5.41, 5.74) is 0.451. The Bertz CT molecular complexity index is 353. The van der Waals surface area contributed by atoms with E-state index in [-0.39, 0.29) is 5.97 Å². The molecule has 0 atom stereocenters. The van der Waals surface area contributed by atoms with Gasteiger partial charge in [0, 0.05) is 11.8 Å². The molecule has 0 radical (unpaired) electrons. The molecule has 0 saturated carbocycles. The van der Waals surface area contributed by atoms with Gasteiger partial charge in [0.2, 0.25) is 0 Å². The zero-order valence-corrected chi connectivity index (χ0v) is 9.76. The Morgan fingerprint density at radius 2 is 2.27 bits per heavy atom. The highest BCUT2D eigenvalue weighted by Crippen LogP contribution is 1.89. The largest absolute Gasteiger partial charge is 0.463 e. The van der Waals surface area contributed by atoms with Crippen molar-refractivity contribution in [2.75, 3.05) is 6.61 Å². The molecule has 0 saturated heterocycles. The van der Waals surface area contributed by atoms with Crippen molar-refractivity contribution in [1.82, 2.24) is 4.98 Å². The van der Waals surface area contributed by atoms with Crippen LogP contribution in [0, 0.1) is 4.64 Å². The molecule has 0 aliphatic heterocycles. The Labute approximate surface area is 94.8 Å². The first-order valence-corrected chi connectivity index (χ1v) is 4.95. The molecule has 0 aliphatic carbocycles. The molecule has 0 spiro atoms. The number of ether oxygens (including phenoxy) is 1. The molecule has 1 aromatic rings. The van der Waals surface area contributed by atoms with Crippen LogP contribution in [-0.4, -0.2) is 17.6 Å². The number of nitrogens with one attached hydrogen (secondary N) is 1. The van der Waals surface area contributed by atoms with E-state index in [2.05, 4.69) is 16.3 Å². The van der Waals surface area contributed by atoms with E-state index in [0.29, 0.717) is 12.2 Å². The summed E-state index contributed by atoms with van der Waals surface area (Å²) in [7, 11) is 0. The number of carbonyl (C=O) groups excluding carboxylic acids is 1. The molecule has 0 aromatic carbocycles. The Kier molecular flexibility index (Phi) is 7.18. The third-order valence-electron chi connectivity index (χ3n) is 1.30. The number of carbonyl (C=O) groups is 1. The van der Waals surface area contributed by atoms with E-state index >= 15 is 0 Å². The summed E-state index contributed by atoms with van der Waals surface area (Å²) in [5, 5.41) is 0. The van der Waals surface area contributed by atoms with Crippen molar-refractivity contribution < 1.29 is 9.53 Å². The van der Waals surface area contributed by atoms with Crippen molar-refractivity contribution in [3.05, 3.63) is 41.2 Å². The first kappa shape index (κ1) is 13.6. The number of rotatable bonds is 2. The number of hydrogen-bond acceptors (Lipinski definition) is 3. The van der Waals surface area contributed by atoms with Gasteiger partial charge in [-0.1, -0.05) is 24.9 Å². The lowest BCUT2D eigenvalue weighted by Crippen LogP contribution is -2.03. The Morgan fingerprint density at radius 3 is 2.47 bits per heavy atom. The lowest BCUT2D eigenvalue weighted by molar-refractivity contribution is -0.138. The lowest BCUT2D eigenvalue weighted by Gasteiger charge is -1.96. The SMILES string of the molecule is C=C(C)C(=O)OCC.S=c1cccc[nH]1. The molecule has 0 aliphatic rings. The summed E-state index contributed by atoms with van der Waals surface area (Å²) in [5.74, 6) is -0.312. The second-order valence-electron chi connectivity index (χ2n) is 2.73. The van der Waals surface area contributed by atoms with Crippen molar-refractivity contribution in [2.45, 2.75) is 13.8 Å². The van der Waals surface area contributed by atoms with Gasteiger partial charge in [-0.25, -0.2) is 4.79 Å².